The fourth-order valence-electron chi connectivity index (χ4n) is 7.05. The first-order chi connectivity index (χ1) is 23.3. The molecule has 0 amide bonds. The summed E-state index contributed by atoms with van der Waals surface area (Å²) >= 11 is 0. The molecule has 0 saturated heterocycles. The number of hydrogen-bond acceptors (Lipinski definition) is 1. The zero-order valence-electron chi connectivity index (χ0n) is 25.8. The van der Waals surface area contributed by atoms with E-state index in [4.69, 9.17) is 4.99 Å². The molecule has 0 aliphatic rings. The van der Waals surface area contributed by atoms with Gasteiger partial charge < -0.3 is 9.13 Å². The summed E-state index contributed by atoms with van der Waals surface area (Å²) in [5.74, 6) is 0. The summed E-state index contributed by atoms with van der Waals surface area (Å²) in [6.07, 6.45) is 1.97. The van der Waals surface area contributed by atoms with Gasteiger partial charge in [-0.25, -0.2) is 0 Å². The van der Waals surface area contributed by atoms with E-state index in [2.05, 4.69) is 161 Å². The molecule has 0 atom stereocenters. The Kier molecular flexibility index (Phi) is 6.53. The van der Waals surface area contributed by atoms with Gasteiger partial charge in [0.2, 0.25) is 0 Å². The van der Waals surface area contributed by atoms with Crippen LogP contribution in [0.4, 0.5) is 0 Å². The molecule has 0 spiro atoms. The van der Waals surface area contributed by atoms with Gasteiger partial charge in [-0.05, 0) is 76.9 Å². The normalized spacial score (nSPS) is 11.8. The van der Waals surface area contributed by atoms with E-state index in [-0.39, 0.29) is 0 Å². The summed E-state index contributed by atoms with van der Waals surface area (Å²) in [7, 11) is 0. The van der Waals surface area contributed by atoms with Crippen molar-refractivity contribution in [2.45, 2.75) is 6.54 Å². The van der Waals surface area contributed by atoms with Gasteiger partial charge in [0.25, 0.3) is 0 Å². The smallest absolute Gasteiger partial charge is 0.0640 e. The minimum Gasteiger partial charge on any atom is -0.309 e. The Labute approximate surface area is 273 Å². The van der Waals surface area contributed by atoms with E-state index in [0.29, 0.717) is 6.54 Å². The summed E-state index contributed by atoms with van der Waals surface area (Å²) in [6.45, 7) is 0.589. The molecule has 0 aliphatic heterocycles. The number of benzene rings is 7. The van der Waals surface area contributed by atoms with Crippen LogP contribution in [0.5, 0.6) is 0 Å². The number of aromatic nitrogens is 2. The maximum atomic E-state index is 4.87. The van der Waals surface area contributed by atoms with Crippen molar-refractivity contribution >= 4 is 49.8 Å². The first-order valence-corrected chi connectivity index (χ1v) is 16.1. The Bertz CT molecular complexity index is 2570. The Hall–Kier alpha value is -6.19. The van der Waals surface area contributed by atoms with Crippen molar-refractivity contribution in [2.75, 3.05) is 0 Å². The summed E-state index contributed by atoms with van der Waals surface area (Å²) in [5.41, 5.74) is 11.7. The predicted molar refractivity (Wildman–Crippen MR) is 198 cm³/mol. The molecule has 0 N–H and O–H groups in total. The van der Waals surface area contributed by atoms with Crippen LogP contribution in [0.25, 0.3) is 66.1 Å². The molecule has 47 heavy (non-hydrogen) atoms. The Morgan fingerprint density at radius 2 is 0.957 bits per heavy atom. The topological polar surface area (TPSA) is 22.2 Å². The van der Waals surface area contributed by atoms with Crippen LogP contribution in [0, 0.1) is 0 Å². The lowest BCUT2D eigenvalue weighted by Gasteiger charge is -2.13. The molecule has 0 saturated carbocycles. The molecule has 3 heteroatoms. The molecule has 2 aromatic heterocycles. The van der Waals surface area contributed by atoms with Crippen LogP contribution in [0.3, 0.4) is 0 Å². The van der Waals surface area contributed by atoms with Crippen molar-refractivity contribution in [1.82, 2.24) is 9.13 Å². The number of rotatable bonds is 6. The molecule has 0 unspecified atom stereocenters. The molecule has 7 aromatic carbocycles. The standard InChI is InChI=1S/C44H31N3/c1-4-14-31(15-5-1)29-45-30-32-24-34(33-16-6-2-7-17-33)26-36(25-32)47-42-23-13-11-21-38(42)40-27-39-37-20-10-12-22-41(37)46(43(39)28-44(40)47)35-18-8-3-9-19-35/h1-29H,30H2/b45-29+. The quantitative estimate of drug-likeness (QED) is 0.169. The second kappa shape index (κ2) is 11.3. The number of hydrogen-bond donors (Lipinski definition) is 0. The average Bonchev–Trinajstić information content (AvgIpc) is 3.64. The summed E-state index contributed by atoms with van der Waals surface area (Å²) in [4.78, 5) is 4.87. The maximum absolute atomic E-state index is 4.87. The van der Waals surface area contributed by atoms with Crippen molar-refractivity contribution < 1.29 is 0 Å². The van der Waals surface area contributed by atoms with Crippen molar-refractivity contribution in [3.05, 3.63) is 181 Å². The highest BCUT2D eigenvalue weighted by Crippen LogP contribution is 2.40. The van der Waals surface area contributed by atoms with Gasteiger partial charge in [-0.15, -0.1) is 0 Å². The predicted octanol–water partition coefficient (Wildman–Crippen LogP) is 11.2. The molecule has 2 heterocycles. The van der Waals surface area contributed by atoms with Crippen molar-refractivity contribution in [1.29, 1.82) is 0 Å². The second-order valence-electron chi connectivity index (χ2n) is 12.1. The van der Waals surface area contributed by atoms with E-state index in [0.717, 1.165) is 16.9 Å². The molecule has 9 aromatic rings. The van der Waals surface area contributed by atoms with Gasteiger partial charge in [0.15, 0.2) is 0 Å². The fraction of sp³-hybridized carbons (Fsp3) is 0.0227. The third kappa shape index (κ3) is 4.72. The lowest BCUT2D eigenvalue weighted by atomic mass is 10.0. The SMILES string of the molecule is C(=N\Cc1cc(-c2ccccc2)cc(-n2c3ccccc3c3cc4c5ccccc5n(-c5ccccc5)c4cc32)c1)/c1ccccc1. The summed E-state index contributed by atoms with van der Waals surface area (Å²) < 4.78 is 4.84. The highest BCUT2D eigenvalue weighted by atomic mass is 15.0. The first-order valence-electron chi connectivity index (χ1n) is 16.1. The van der Waals surface area contributed by atoms with E-state index in [1.807, 2.05) is 24.4 Å². The first kappa shape index (κ1) is 27.1. The maximum Gasteiger partial charge on any atom is 0.0640 e. The largest absolute Gasteiger partial charge is 0.309 e. The molecular weight excluding hydrogens is 571 g/mol. The molecular formula is C44H31N3. The van der Waals surface area contributed by atoms with Crippen molar-refractivity contribution in [3.63, 3.8) is 0 Å². The van der Waals surface area contributed by atoms with Crippen LogP contribution in [0.1, 0.15) is 11.1 Å². The highest BCUT2D eigenvalue weighted by molar-refractivity contribution is 6.19. The molecule has 9 rings (SSSR count). The van der Waals surface area contributed by atoms with E-state index >= 15 is 0 Å². The van der Waals surface area contributed by atoms with Crippen molar-refractivity contribution in [3.8, 4) is 22.5 Å². The third-order valence-corrected chi connectivity index (χ3v) is 9.14. The molecule has 3 nitrogen and oxygen atoms in total. The Morgan fingerprint density at radius 3 is 1.62 bits per heavy atom. The van der Waals surface area contributed by atoms with E-state index in [1.54, 1.807) is 0 Å². The Morgan fingerprint density at radius 1 is 0.404 bits per heavy atom. The monoisotopic (exact) mass is 601 g/mol. The third-order valence-electron chi connectivity index (χ3n) is 9.14. The lowest BCUT2D eigenvalue weighted by molar-refractivity contribution is 1.06. The van der Waals surface area contributed by atoms with Gasteiger partial charge in [0.05, 0.1) is 28.6 Å². The van der Waals surface area contributed by atoms with Crippen LogP contribution < -0.4 is 0 Å². The van der Waals surface area contributed by atoms with E-state index < -0.39 is 0 Å². The van der Waals surface area contributed by atoms with Crippen LogP contribution in [-0.2, 0) is 6.54 Å². The zero-order valence-corrected chi connectivity index (χ0v) is 25.8. The van der Waals surface area contributed by atoms with Gasteiger partial charge in [-0.2, -0.15) is 0 Å². The minimum atomic E-state index is 0.589. The molecule has 0 fully saturated rings. The van der Waals surface area contributed by atoms with Crippen LogP contribution in [0.2, 0.25) is 0 Å². The highest BCUT2D eigenvalue weighted by Gasteiger charge is 2.19. The van der Waals surface area contributed by atoms with Crippen LogP contribution in [0.15, 0.2) is 175 Å². The summed E-state index contributed by atoms with van der Waals surface area (Å²) in [6, 6.07) is 60.9. The summed E-state index contributed by atoms with van der Waals surface area (Å²) in [5, 5.41) is 5.01. The Balaban J connectivity index is 1.31. The fourth-order valence-corrected chi connectivity index (χ4v) is 7.05. The zero-order chi connectivity index (χ0) is 31.2. The number of nitrogens with zero attached hydrogens (tertiary/aromatic N) is 3. The van der Waals surface area contributed by atoms with Gasteiger partial charge >= 0.3 is 0 Å². The number of para-hydroxylation sites is 3. The van der Waals surface area contributed by atoms with Crippen molar-refractivity contribution in [2.24, 2.45) is 4.99 Å². The van der Waals surface area contributed by atoms with Gasteiger partial charge in [0, 0.05) is 39.1 Å². The van der Waals surface area contributed by atoms with E-state index in [1.165, 1.54) is 60.3 Å². The molecule has 0 aliphatic carbocycles. The van der Waals surface area contributed by atoms with Gasteiger partial charge in [-0.3, -0.25) is 4.99 Å². The number of aliphatic imine (C=N–C) groups is 1. The lowest BCUT2D eigenvalue weighted by Crippen LogP contribution is -1.98. The second-order valence-corrected chi connectivity index (χ2v) is 12.1. The molecule has 0 radical (unpaired) electrons. The average molecular weight is 602 g/mol. The van der Waals surface area contributed by atoms with Crippen LogP contribution in [-0.4, -0.2) is 15.3 Å². The van der Waals surface area contributed by atoms with E-state index in [9.17, 15) is 0 Å². The van der Waals surface area contributed by atoms with Gasteiger partial charge in [0.1, 0.15) is 0 Å². The molecule has 0 bridgehead atoms. The molecule has 222 valence electrons. The van der Waals surface area contributed by atoms with Crippen LogP contribution >= 0.6 is 0 Å². The van der Waals surface area contributed by atoms with Gasteiger partial charge in [-0.1, -0.05) is 115 Å². The minimum absolute atomic E-state index is 0.589. The number of fused-ring (bicyclic) bond motifs is 6.